The summed E-state index contributed by atoms with van der Waals surface area (Å²) in [7, 11) is 0. The Bertz CT molecular complexity index is 1540. The Hall–Kier alpha value is -3.93. The number of rotatable bonds is 6. The molecule has 0 bridgehead atoms. The van der Waals surface area contributed by atoms with Crippen LogP contribution in [0.25, 0.3) is 11.3 Å². The lowest BCUT2D eigenvalue weighted by molar-refractivity contribution is -0.140. The van der Waals surface area contributed by atoms with E-state index in [1.165, 1.54) is 23.5 Å². The van der Waals surface area contributed by atoms with Crippen molar-refractivity contribution in [2.45, 2.75) is 50.6 Å². The van der Waals surface area contributed by atoms with Crippen LogP contribution in [-0.4, -0.2) is 72.5 Å². The van der Waals surface area contributed by atoms with E-state index in [2.05, 4.69) is 38.0 Å². The molecular formula is C35H40FN5O4S. The van der Waals surface area contributed by atoms with E-state index in [9.17, 15) is 18.8 Å². The van der Waals surface area contributed by atoms with Crippen LogP contribution in [0.5, 0.6) is 0 Å². The highest BCUT2D eigenvalue weighted by Crippen LogP contribution is 2.36. The third-order valence-electron chi connectivity index (χ3n) is 9.35. The van der Waals surface area contributed by atoms with E-state index >= 15 is 0 Å². The number of halogens is 1. The number of piperidine rings is 1. The number of allylic oxidation sites excluding steroid dienone is 2. The van der Waals surface area contributed by atoms with Crippen molar-refractivity contribution in [3.63, 3.8) is 0 Å². The van der Waals surface area contributed by atoms with Gasteiger partial charge in [0.2, 0.25) is 17.7 Å². The first-order valence-electron chi connectivity index (χ1n) is 16.0. The summed E-state index contributed by atoms with van der Waals surface area (Å²) in [5, 5.41) is 11.7. The predicted molar refractivity (Wildman–Crippen MR) is 176 cm³/mol. The van der Waals surface area contributed by atoms with E-state index in [0.717, 1.165) is 17.5 Å². The number of thiazole rings is 1. The van der Waals surface area contributed by atoms with E-state index in [0.29, 0.717) is 69.2 Å². The number of benzene rings is 2. The number of hydrogen-bond acceptors (Lipinski definition) is 7. The molecule has 0 saturated carbocycles. The Kier molecular flexibility index (Phi) is 10.2. The van der Waals surface area contributed by atoms with Gasteiger partial charge in [-0.25, -0.2) is 9.37 Å². The summed E-state index contributed by atoms with van der Waals surface area (Å²) in [5.41, 5.74) is 1.84. The first-order valence-corrected chi connectivity index (χ1v) is 16.9. The maximum atomic E-state index is 13.8. The number of anilines is 1. The second kappa shape index (κ2) is 14.7. The van der Waals surface area contributed by atoms with Crippen molar-refractivity contribution in [1.29, 1.82) is 0 Å². The topological polar surface area (TPSA) is 113 Å². The quantitative estimate of drug-likeness (QED) is 0.339. The molecule has 2 saturated heterocycles. The molecule has 2 aromatic carbocycles. The number of fused-ring (bicyclic) bond motifs is 1. The van der Waals surface area contributed by atoms with Gasteiger partial charge in [0.15, 0.2) is 5.13 Å². The predicted octanol–water partition coefficient (Wildman–Crippen LogP) is 4.57. The molecule has 1 aromatic heterocycles. The van der Waals surface area contributed by atoms with Gasteiger partial charge in [-0.15, -0.1) is 11.3 Å². The average Bonchev–Trinajstić information content (AvgIpc) is 3.52. The van der Waals surface area contributed by atoms with Gasteiger partial charge in [-0.2, -0.15) is 0 Å². The fourth-order valence-electron chi connectivity index (χ4n) is 6.65. The van der Waals surface area contributed by atoms with Crippen LogP contribution >= 0.6 is 11.3 Å². The van der Waals surface area contributed by atoms with Gasteiger partial charge in [-0.1, -0.05) is 42.5 Å². The van der Waals surface area contributed by atoms with Crippen LogP contribution in [0.2, 0.25) is 0 Å². The highest BCUT2D eigenvalue weighted by atomic mass is 32.1. The van der Waals surface area contributed by atoms with Gasteiger partial charge < -0.3 is 20.7 Å². The van der Waals surface area contributed by atoms with E-state index in [1.807, 2.05) is 35.7 Å². The van der Waals surface area contributed by atoms with Crippen LogP contribution in [-0.2, 0) is 25.5 Å². The second-order valence-electron chi connectivity index (χ2n) is 12.5. The Morgan fingerprint density at radius 2 is 1.85 bits per heavy atom. The van der Waals surface area contributed by atoms with E-state index in [-0.39, 0.29) is 42.0 Å². The SMILES string of the molecule is O=C(CN1CC[C@@H]2NC(=O)[C@@H](Cc3ccccc3)NC(=O)C3(C/C=C/C[C@@H]2C1)CCOCC3)Nc1nc(-c2ccc(F)cc2)cs1. The Morgan fingerprint density at radius 3 is 2.63 bits per heavy atom. The molecule has 3 atom stereocenters. The number of amides is 3. The molecule has 9 nitrogen and oxygen atoms in total. The summed E-state index contributed by atoms with van der Waals surface area (Å²) in [5.74, 6) is -0.622. The highest BCUT2D eigenvalue weighted by Gasteiger charge is 2.41. The fourth-order valence-corrected chi connectivity index (χ4v) is 7.38. The number of ether oxygens (including phenoxy) is 1. The lowest BCUT2D eigenvalue weighted by Crippen LogP contribution is -2.58. The van der Waals surface area contributed by atoms with E-state index < -0.39 is 11.5 Å². The van der Waals surface area contributed by atoms with Crippen molar-refractivity contribution in [1.82, 2.24) is 20.5 Å². The van der Waals surface area contributed by atoms with Crippen LogP contribution in [0.1, 0.15) is 37.7 Å². The minimum atomic E-state index is -0.694. The van der Waals surface area contributed by atoms with Crippen molar-refractivity contribution in [3.8, 4) is 11.3 Å². The maximum Gasteiger partial charge on any atom is 0.243 e. The molecule has 3 amide bonds. The summed E-state index contributed by atoms with van der Waals surface area (Å²) < 4.78 is 18.9. The monoisotopic (exact) mass is 645 g/mol. The molecule has 3 aromatic rings. The van der Waals surface area contributed by atoms with Crippen molar-refractivity contribution in [2.75, 3.05) is 38.2 Å². The Balaban J connectivity index is 1.13. The van der Waals surface area contributed by atoms with Crippen LogP contribution in [0, 0.1) is 17.2 Å². The molecule has 6 rings (SSSR count). The molecule has 3 aliphatic heterocycles. The van der Waals surface area contributed by atoms with Crippen molar-refractivity contribution in [3.05, 3.63) is 83.5 Å². The molecule has 3 N–H and O–H groups in total. The third kappa shape index (κ3) is 7.89. The summed E-state index contributed by atoms with van der Waals surface area (Å²) in [6, 6.07) is 15.1. The summed E-state index contributed by atoms with van der Waals surface area (Å²) in [6.45, 7) is 2.55. The number of hydrogen-bond donors (Lipinski definition) is 3. The molecule has 242 valence electrons. The van der Waals surface area contributed by atoms with E-state index in [4.69, 9.17) is 4.74 Å². The Labute approximate surface area is 272 Å². The molecule has 1 spiro atoms. The van der Waals surface area contributed by atoms with Crippen LogP contribution in [0.3, 0.4) is 0 Å². The lowest BCUT2D eigenvalue weighted by atomic mass is 9.75. The highest BCUT2D eigenvalue weighted by molar-refractivity contribution is 7.14. The molecular weight excluding hydrogens is 605 g/mol. The molecule has 0 unspecified atom stereocenters. The molecule has 0 radical (unpaired) electrons. The zero-order valence-electron chi connectivity index (χ0n) is 25.8. The van der Waals surface area contributed by atoms with Gasteiger partial charge in [-0.05, 0) is 67.9 Å². The maximum absolute atomic E-state index is 13.8. The number of aromatic nitrogens is 1. The fraction of sp³-hybridized carbons (Fsp3) is 0.429. The van der Waals surface area contributed by atoms with Gasteiger partial charge in [0.05, 0.1) is 17.7 Å². The van der Waals surface area contributed by atoms with Gasteiger partial charge in [0.1, 0.15) is 11.9 Å². The third-order valence-corrected chi connectivity index (χ3v) is 10.1. The number of carbonyl (C=O) groups is 3. The second-order valence-corrected chi connectivity index (χ2v) is 13.4. The van der Waals surface area contributed by atoms with Crippen molar-refractivity contribution >= 4 is 34.2 Å². The number of likely N-dealkylation sites (tertiary alicyclic amines) is 1. The summed E-state index contributed by atoms with van der Waals surface area (Å²) in [6.07, 6.45) is 7.90. The van der Waals surface area contributed by atoms with Gasteiger partial charge >= 0.3 is 0 Å². The smallest absolute Gasteiger partial charge is 0.243 e. The minimum absolute atomic E-state index is 0.0830. The minimum Gasteiger partial charge on any atom is -0.381 e. The normalized spacial score (nSPS) is 24.5. The van der Waals surface area contributed by atoms with Crippen LogP contribution < -0.4 is 16.0 Å². The number of nitrogens with zero attached hydrogens (tertiary/aromatic N) is 2. The van der Waals surface area contributed by atoms with Gasteiger partial charge in [-0.3, -0.25) is 19.3 Å². The number of carbonyl (C=O) groups excluding carboxylic acids is 3. The molecule has 11 heteroatoms. The van der Waals surface area contributed by atoms with Gasteiger partial charge in [0.25, 0.3) is 0 Å². The van der Waals surface area contributed by atoms with Crippen LogP contribution in [0.15, 0.2) is 72.1 Å². The lowest BCUT2D eigenvalue weighted by Gasteiger charge is -2.40. The molecule has 4 heterocycles. The van der Waals surface area contributed by atoms with Crippen molar-refractivity contribution in [2.24, 2.45) is 11.3 Å². The van der Waals surface area contributed by atoms with Crippen LogP contribution in [0.4, 0.5) is 9.52 Å². The first-order chi connectivity index (χ1) is 22.4. The first kappa shape index (κ1) is 32.0. The Morgan fingerprint density at radius 1 is 1.07 bits per heavy atom. The van der Waals surface area contributed by atoms with Gasteiger partial charge in [0, 0.05) is 49.7 Å². The zero-order chi connectivity index (χ0) is 31.9. The zero-order valence-corrected chi connectivity index (χ0v) is 26.6. The summed E-state index contributed by atoms with van der Waals surface area (Å²) in [4.78, 5) is 47.2. The van der Waals surface area contributed by atoms with Crippen molar-refractivity contribution < 1.29 is 23.5 Å². The summed E-state index contributed by atoms with van der Waals surface area (Å²) >= 11 is 1.33. The average molecular weight is 646 g/mol. The standard InChI is InChI=1S/C35H40FN5O4S/c36-27-11-9-25(10-12-27)30-23-46-34(39-30)40-31(42)22-41-17-13-28-26(21-41)8-4-5-14-35(15-18-45-19-16-35)33(44)38-29(32(43)37-28)20-24-6-2-1-3-7-24/h1-7,9-12,23,26,28-29H,8,13-22H2,(H,37,43)(H,38,44)(H,39,40,42)/b5-4+/t26-,28+,29-/m1/s1. The molecule has 3 aliphatic rings. The largest absolute Gasteiger partial charge is 0.381 e. The number of nitrogens with one attached hydrogen (secondary N) is 3. The molecule has 0 aliphatic carbocycles. The van der Waals surface area contributed by atoms with E-state index in [1.54, 1.807) is 12.1 Å². The molecule has 2 fully saturated rings. The molecule has 46 heavy (non-hydrogen) atoms.